The molecule has 1 unspecified atom stereocenters. The number of thiophene rings is 1. The van der Waals surface area contributed by atoms with Crippen molar-refractivity contribution in [3.63, 3.8) is 0 Å². The lowest BCUT2D eigenvalue weighted by atomic mass is 10.1. The lowest BCUT2D eigenvalue weighted by Gasteiger charge is -2.24. The third-order valence-corrected chi connectivity index (χ3v) is 5.47. The lowest BCUT2D eigenvalue weighted by molar-refractivity contribution is -0.136. The number of hydrogen-bond acceptors (Lipinski definition) is 5. The van der Waals surface area contributed by atoms with Gasteiger partial charge in [-0.05, 0) is 30.7 Å². The number of aliphatic hydroxyl groups is 1. The first-order valence-electron chi connectivity index (χ1n) is 8.68. The molecule has 1 saturated heterocycles. The molecule has 0 spiro atoms. The van der Waals surface area contributed by atoms with Crippen molar-refractivity contribution in [2.24, 2.45) is 5.92 Å². The number of likely N-dealkylation sites (tertiary alicyclic amines) is 1. The molecule has 2 aromatic rings. The molecule has 1 N–H and O–H groups in total. The van der Waals surface area contributed by atoms with E-state index < -0.39 is 0 Å². The number of pyridine rings is 1. The zero-order valence-electron chi connectivity index (χ0n) is 14.8. The molecule has 0 bridgehead atoms. The van der Waals surface area contributed by atoms with Gasteiger partial charge < -0.3 is 14.9 Å². The van der Waals surface area contributed by atoms with Crippen molar-refractivity contribution >= 4 is 23.2 Å². The number of hydrogen-bond donors (Lipinski definition) is 1. The Kier molecular flexibility index (Phi) is 6.00. The fraction of sp³-hybridized carbons (Fsp3) is 0.421. The zero-order valence-corrected chi connectivity index (χ0v) is 15.6. The van der Waals surface area contributed by atoms with E-state index in [1.807, 2.05) is 31.2 Å². The summed E-state index contributed by atoms with van der Waals surface area (Å²) in [6.45, 7) is 3.58. The first-order valence-corrected chi connectivity index (χ1v) is 9.50. The van der Waals surface area contributed by atoms with Gasteiger partial charge in [0.1, 0.15) is 0 Å². The predicted molar refractivity (Wildman–Crippen MR) is 99.3 cm³/mol. The van der Waals surface area contributed by atoms with Gasteiger partial charge in [0, 0.05) is 48.2 Å². The average Bonchev–Trinajstić information content (AvgIpc) is 3.21. The van der Waals surface area contributed by atoms with Crippen LogP contribution in [0.4, 0.5) is 0 Å². The number of nitrogens with zero attached hydrogens (tertiary/aromatic N) is 3. The molecule has 0 saturated carbocycles. The van der Waals surface area contributed by atoms with Crippen LogP contribution in [0.2, 0.25) is 0 Å². The Morgan fingerprint density at radius 1 is 1.42 bits per heavy atom. The van der Waals surface area contributed by atoms with Crippen LogP contribution in [-0.4, -0.2) is 51.4 Å². The van der Waals surface area contributed by atoms with Crippen LogP contribution in [0, 0.1) is 12.8 Å². The monoisotopic (exact) mass is 373 g/mol. The topological polar surface area (TPSA) is 73.7 Å². The van der Waals surface area contributed by atoms with E-state index in [1.54, 1.807) is 33.5 Å². The van der Waals surface area contributed by atoms with Crippen LogP contribution in [0.5, 0.6) is 0 Å². The normalized spacial score (nSPS) is 16.9. The van der Waals surface area contributed by atoms with Gasteiger partial charge in [-0.2, -0.15) is 0 Å². The first kappa shape index (κ1) is 18.5. The molecule has 7 heteroatoms. The van der Waals surface area contributed by atoms with Crippen LogP contribution in [0.1, 0.15) is 21.7 Å². The van der Waals surface area contributed by atoms with Crippen LogP contribution in [0.3, 0.4) is 0 Å². The summed E-state index contributed by atoms with van der Waals surface area (Å²) in [4.78, 5) is 35.0. The molecule has 0 aliphatic carbocycles. The number of aromatic nitrogens is 1. The maximum atomic E-state index is 12.9. The predicted octanol–water partition coefficient (Wildman–Crippen LogP) is 1.82. The summed E-state index contributed by atoms with van der Waals surface area (Å²) in [6.07, 6.45) is 3.66. The second kappa shape index (κ2) is 8.42. The minimum absolute atomic E-state index is 0.0110. The molecule has 138 valence electrons. The smallest absolute Gasteiger partial charge is 0.228 e. The molecule has 3 rings (SSSR count). The molecule has 2 aromatic heterocycles. The zero-order chi connectivity index (χ0) is 18.5. The molecule has 1 aliphatic heterocycles. The average molecular weight is 373 g/mol. The van der Waals surface area contributed by atoms with E-state index in [9.17, 15) is 14.7 Å². The molecular formula is C19H23N3O3S. The SMILES string of the molecule is Cc1ccc(CN(CCO)C(=O)C2CC(=O)N(Cc3cccnc3)C2)s1. The quantitative estimate of drug-likeness (QED) is 0.803. The van der Waals surface area contributed by atoms with Gasteiger partial charge in [0.25, 0.3) is 0 Å². The number of rotatable bonds is 7. The van der Waals surface area contributed by atoms with Gasteiger partial charge in [-0.1, -0.05) is 6.07 Å². The summed E-state index contributed by atoms with van der Waals surface area (Å²) in [7, 11) is 0. The molecule has 1 atom stereocenters. The number of aryl methyl sites for hydroxylation is 1. The molecule has 26 heavy (non-hydrogen) atoms. The Morgan fingerprint density at radius 2 is 2.27 bits per heavy atom. The van der Waals surface area contributed by atoms with E-state index in [4.69, 9.17) is 0 Å². The Labute approximate surface area is 157 Å². The van der Waals surface area contributed by atoms with E-state index in [0.717, 1.165) is 10.4 Å². The Hall–Kier alpha value is -2.25. The lowest BCUT2D eigenvalue weighted by Crippen LogP contribution is -2.38. The van der Waals surface area contributed by atoms with E-state index in [-0.39, 0.29) is 37.3 Å². The Balaban J connectivity index is 1.64. The Morgan fingerprint density at radius 3 is 2.92 bits per heavy atom. The second-order valence-corrected chi connectivity index (χ2v) is 7.90. The van der Waals surface area contributed by atoms with Crippen molar-refractivity contribution in [1.29, 1.82) is 0 Å². The first-order chi connectivity index (χ1) is 12.6. The van der Waals surface area contributed by atoms with Gasteiger partial charge in [0.15, 0.2) is 0 Å². The van der Waals surface area contributed by atoms with E-state index in [0.29, 0.717) is 19.6 Å². The molecule has 6 nitrogen and oxygen atoms in total. The number of carbonyl (C=O) groups excluding carboxylic acids is 2. The molecule has 0 radical (unpaired) electrons. The van der Waals surface area contributed by atoms with Gasteiger partial charge in [-0.15, -0.1) is 11.3 Å². The summed E-state index contributed by atoms with van der Waals surface area (Å²) < 4.78 is 0. The molecule has 1 aliphatic rings. The van der Waals surface area contributed by atoms with Gasteiger partial charge >= 0.3 is 0 Å². The summed E-state index contributed by atoms with van der Waals surface area (Å²) in [5, 5.41) is 9.34. The molecule has 2 amide bonds. The minimum atomic E-state index is -0.355. The second-order valence-electron chi connectivity index (χ2n) is 6.53. The molecule has 0 aromatic carbocycles. The van der Waals surface area contributed by atoms with Crippen LogP contribution >= 0.6 is 11.3 Å². The number of carbonyl (C=O) groups is 2. The number of amides is 2. The summed E-state index contributed by atoms with van der Waals surface area (Å²) in [5.74, 6) is -0.429. The van der Waals surface area contributed by atoms with Crippen LogP contribution in [0.25, 0.3) is 0 Å². The molecular weight excluding hydrogens is 350 g/mol. The highest BCUT2D eigenvalue weighted by Gasteiger charge is 2.36. The standard InChI is InChI=1S/C19H23N3O3S/c1-14-4-5-17(26-14)13-21(7-8-23)19(25)16-9-18(24)22(12-16)11-15-3-2-6-20-10-15/h2-6,10,16,23H,7-9,11-13H2,1H3. The highest BCUT2D eigenvalue weighted by molar-refractivity contribution is 7.11. The molecule has 3 heterocycles. The summed E-state index contributed by atoms with van der Waals surface area (Å²) >= 11 is 1.64. The van der Waals surface area contributed by atoms with Gasteiger partial charge in [0.2, 0.25) is 11.8 Å². The van der Waals surface area contributed by atoms with E-state index >= 15 is 0 Å². The van der Waals surface area contributed by atoms with Gasteiger partial charge in [0.05, 0.1) is 19.1 Å². The van der Waals surface area contributed by atoms with Crippen LogP contribution in [0.15, 0.2) is 36.7 Å². The fourth-order valence-electron chi connectivity index (χ4n) is 3.21. The van der Waals surface area contributed by atoms with Crippen molar-refractivity contribution in [3.05, 3.63) is 52.0 Å². The number of aliphatic hydroxyl groups excluding tert-OH is 1. The van der Waals surface area contributed by atoms with Crippen LogP contribution in [-0.2, 0) is 22.7 Å². The van der Waals surface area contributed by atoms with Crippen LogP contribution < -0.4 is 0 Å². The van der Waals surface area contributed by atoms with Gasteiger partial charge in [-0.25, -0.2) is 0 Å². The summed E-state index contributed by atoms with van der Waals surface area (Å²) in [5.41, 5.74) is 0.954. The van der Waals surface area contributed by atoms with Crippen molar-refractivity contribution in [1.82, 2.24) is 14.8 Å². The maximum Gasteiger partial charge on any atom is 0.228 e. The van der Waals surface area contributed by atoms with Crippen molar-refractivity contribution < 1.29 is 14.7 Å². The maximum absolute atomic E-state index is 12.9. The highest BCUT2D eigenvalue weighted by Crippen LogP contribution is 2.24. The largest absolute Gasteiger partial charge is 0.395 e. The van der Waals surface area contributed by atoms with Crippen molar-refractivity contribution in [2.75, 3.05) is 19.7 Å². The highest BCUT2D eigenvalue weighted by atomic mass is 32.1. The molecule has 1 fully saturated rings. The van der Waals surface area contributed by atoms with E-state index in [1.165, 1.54) is 4.88 Å². The Bertz CT molecular complexity index is 762. The summed E-state index contributed by atoms with van der Waals surface area (Å²) in [6, 6.07) is 7.79. The third kappa shape index (κ3) is 4.47. The van der Waals surface area contributed by atoms with E-state index in [2.05, 4.69) is 4.98 Å². The third-order valence-electron chi connectivity index (χ3n) is 4.48. The van der Waals surface area contributed by atoms with Crippen molar-refractivity contribution in [3.8, 4) is 0 Å². The fourth-order valence-corrected chi connectivity index (χ4v) is 4.11. The van der Waals surface area contributed by atoms with Crippen molar-refractivity contribution in [2.45, 2.75) is 26.4 Å². The minimum Gasteiger partial charge on any atom is -0.395 e. The van der Waals surface area contributed by atoms with Gasteiger partial charge in [-0.3, -0.25) is 14.6 Å².